The van der Waals surface area contributed by atoms with E-state index in [2.05, 4.69) is 58.9 Å². The second-order valence-electron chi connectivity index (χ2n) is 8.17. The number of alkyl halides is 1. The first-order chi connectivity index (χ1) is 11.7. The summed E-state index contributed by atoms with van der Waals surface area (Å²) in [7, 11) is -1.46. The lowest BCUT2D eigenvalue weighted by Crippen LogP contribution is -2.36. The van der Waals surface area contributed by atoms with Gasteiger partial charge in [0.2, 0.25) is 0 Å². The predicted molar refractivity (Wildman–Crippen MR) is 107 cm³/mol. The minimum atomic E-state index is -1.46. The van der Waals surface area contributed by atoms with Crippen LogP contribution in [0.1, 0.15) is 35.6 Å². The van der Waals surface area contributed by atoms with Gasteiger partial charge in [0.1, 0.15) is 19.3 Å². The zero-order valence-electron chi connectivity index (χ0n) is 15.3. The van der Waals surface area contributed by atoms with Crippen molar-refractivity contribution in [1.82, 2.24) is 5.16 Å². The quantitative estimate of drug-likeness (QED) is 0.371. The highest BCUT2D eigenvalue weighted by atomic mass is 79.9. The van der Waals surface area contributed by atoms with E-state index < -0.39 is 8.07 Å². The molecule has 1 aromatic carbocycles. The average molecular weight is 422 g/mol. The molecule has 0 saturated heterocycles. The molecule has 2 atom stereocenters. The van der Waals surface area contributed by atoms with Gasteiger partial charge in [-0.2, -0.15) is 0 Å². The van der Waals surface area contributed by atoms with Crippen LogP contribution < -0.4 is 5.38 Å². The van der Waals surface area contributed by atoms with Crippen LogP contribution in [0.2, 0.25) is 19.6 Å². The first-order valence-corrected chi connectivity index (χ1v) is 13.1. The summed E-state index contributed by atoms with van der Waals surface area (Å²) in [5.41, 5.74) is 2.74. The Balaban J connectivity index is 1.72. The minimum Gasteiger partial charge on any atom is -0.366 e. The SMILES string of the molecule is Cc1ccc(CC2(Br)C=CC(c3cc([Si](C)(C)C)on3)CC2)cc1F. The van der Waals surface area contributed by atoms with E-state index in [1.165, 1.54) is 0 Å². The first-order valence-electron chi connectivity index (χ1n) is 8.77. The van der Waals surface area contributed by atoms with Gasteiger partial charge in [-0.3, -0.25) is 0 Å². The van der Waals surface area contributed by atoms with E-state index in [4.69, 9.17) is 4.52 Å². The van der Waals surface area contributed by atoms with Gasteiger partial charge in [-0.25, -0.2) is 4.39 Å². The van der Waals surface area contributed by atoms with Gasteiger partial charge in [0.15, 0.2) is 0 Å². The van der Waals surface area contributed by atoms with Crippen LogP contribution in [0, 0.1) is 12.7 Å². The van der Waals surface area contributed by atoms with Gasteiger partial charge < -0.3 is 4.52 Å². The van der Waals surface area contributed by atoms with Crippen molar-refractivity contribution in [3.8, 4) is 0 Å². The third-order valence-electron chi connectivity index (χ3n) is 4.88. The highest BCUT2D eigenvalue weighted by molar-refractivity contribution is 9.10. The molecule has 0 N–H and O–H groups in total. The summed E-state index contributed by atoms with van der Waals surface area (Å²) in [5, 5.41) is 5.36. The van der Waals surface area contributed by atoms with Gasteiger partial charge in [-0.05, 0) is 49.4 Å². The molecule has 1 aliphatic carbocycles. The zero-order chi connectivity index (χ0) is 18.2. The van der Waals surface area contributed by atoms with Gasteiger partial charge >= 0.3 is 0 Å². The molecule has 0 saturated carbocycles. The van der Waals surface area contributed by atoms with Crippen LogP contribution in [-0.4, -0.2) is 17.6 Å². The topological polar surface area (TPSA) is 26.0 Å². The molecule has 0 spiro atoms. The second kappa shape index (κ2) is 6.84. The maximum Gasteiger partial charge on any atom is 0.127 e. The summed E-state index contributed by atoms with van der Waals surface area (Å²) in [4.78, 5) is 0. The van der Waals surface area contributed by atoms with Gasteiger partial charge in [-0.1, -0.05) is 65.0 Å². The molecule has 0 amide bonds. The summed E-state index contributed by atoms with van der Waals surface area (Å²) in [5.74, 6) is 0.169. The fraction of sp³-hybridized carbons (Fsp3) is 0.450. The lowest BCUT2D eigenvalue weighted by atomic mass is 9.83. The Labute approximate surface area is 158 Å². The monoisotopic (exact) mass is 421 g/mol. The number of aromatic nitrogens is 1. The fourth-order valence-corrected chi connectivity index (χ4v) is 4.77. The van der Waals surface area contributed by atoms with E-state index in [0.29, 0.717) is 11.5 Å². The third-order valence-corrected chi connectivity index (χ3v) is 7.54. The molecule has 0 fully saturated rings. The van der Waals surface area contributed by atoms with Crippen molar-refractivity contribution >= 4 is 29.4 Å². The Bertz CT molecular complexity index is 795. The molecule has 2 aromatic rings. The molecule has 1 heterocycles. The number of hydrogen-bond donors (Lipinski definition) is 0. The number of halogens is 2. The van der Waals surface area contributed by atoms with Crippen molar-refractivity contribution < 1.29 is 8.91 Å². The molecule has 0 radical (unpaired) electrons. The van der Waals surface area contributed by atoms with E-state index >= 15 is 0 Å². The fourth-order valence-electron chi connectivity index (χ4n) is 3.16. The van der Waals surface area contributed by atoms with E-state index in [1.54, 1.807) is 13.0 Å². The number of rotatable bonds is 4. The van der Waals surface area contributed by atoms with Crippen LogP contribution in [0.25, 0.3) is 0 Å². The normalized spacial score (nSPS) is 23.8. The highest BCUT2D eigenvalue weighted by Crippen LogP contribution is 2.39. The van der Waals surface area contributed by atoms with Crippen molar-refractivity contribution in [3.63, 3.8) is 0 Å². The van der Waals surface area contributed by atoms with Crippen LogP contribution >= 0.6 is 15.9 Å². The summed E-state index contributed by atoms with van der Waals surface area (Å²) in [6.45, 7) is 8.58. The van der Waals surface area contributed by atoms with Crippen LogP contribution in [0.15, 0.2) is 40.9 Å². The van der Waals surface area contributed by atoms with Crippen LogP contribution in [0.4, 0.5) is 4.39 Å². The Morgan fingerprint density at radius 3 is 2.64 bits per heavy atom. The Kier molecular flexibility index (Phi) is 5.08. The van der Waals surface area contributed by atoms with Gasteiger partial charge in [0, 0.05) is 10.2 Å². The summed E-state index contributed by atoms with van der Waals surface area (Å²) in [6.07, 6.45) is 7.20. The van der Waals surface area contributed by atoms with Crippen LogP contribution in [0.3, 0.4) is 0 Å². The van der Waals surface area contributed by atoms with Crippen molar-refractivity contribution in [2.45, 2.75) is 56.1 Å². The Morgan fingerprint density at radius 2 is 2.08 bits per heavy atom. The van der Waals surface area contributed by atoms with E-state index in [-0.39, 0.29) is 10.1 Å². The van der Waals surface area contributed by atoms with Crippen LogP contribution in [0.5, 0.6) is 0 Å². The lowest BCUT2D eigenvalue weighted by molar-refractivity contribution is 0.424. The number of benzene rings is 1. The molecule has 2 nitrogen and oxygen atoms in total. The molecule has 0 aliphatic heterocycles. The van der Waals surface area contributed by atoms with E-state index in [1.807, 2.05) is 12.1 Å². The summed E-state index contributed by atoms with van der Waals surface area (Å²) < 4.78 is 19.3. The zero-order valence-corrected chi connectivity index (χ0v) is 17.9. The van der Waals surface area contributed by atoms with E-state index in [9.17, 15) is 4.39 Å². The molecule has 25 heavy (non-hydrogen) atoms. The lowest BCUT2D eigenvalue weighted by Gasteiger charge is -2.30. The summed E-state index contributed by atoms with van der Waals surface area (Å²) >= 11 is 3.87. The summed E-state index contributed by atoms with van der Waals surface area (Å²) in [6, 6.07) is 7.65. The van der Waals surface area contributed by atoms with Crippen molar-refractivity contribution in [2.24, 2.45) is 0 Å². The number of allylic oxidation sites excluding steroid dienone is 2. The second-order valence-corrected chi connectivity index (χ2v) is 14.7. The molecular formula is C20H25BrFNOSi. The molecule has 134 valence electrons. The highest BCUT2D eigenvalue weighted by Gasteiger charge is 2.31. The molecule has 2 unspecified atom stereocenters. The average Bonchev–Trinajstić information content (AvgIpc) is 3.02. The molecule has 5 heteroatoms. The maximum atomic E-state index is 13.8. The molecule has 0 bridgehead atoms. The largest absolute Gasteiger partial charge is 0.366 e. The van der Waals surface area contributed by atoms with Gasteiger partial charge in [-0.15, -0.1) is 0 Å². The van der Waals surface area contributed by atoms with Crippen molar-refractivity contribution in [1.29, 1.82) is 0 Å². The molecule has 1 aromatic heterocycles. The van der Waals surface area contributed by atoms with E-state index in [0.717, 1.165) is 35.9 Å². The minimum absolute atomic E-state index is 0.115. The maximum absolute atomic E-state index is 13.8. The molecular weight excluding hydrogens is 397 g/mol. The number of aryl methyl sites for hydroxylation is 1. The van der Waals surface area contributed by atoms with Gasteiger partial charge in [0.25, 0.3) is 0 Å². The first kappa shape index (κ1) is 18.6. The van der Waals surface area contributed by atoms with Crippen molar-refractivity contribution in [2.75, 3.05) is 0 Å². The van der Waals surface area contributed by atoms with Crippen molar-refractivity contribution in [3.05, 3.63) is 59.1 Å². The predicted octanol–water partition coefficient (Wildman–Crippen LogP) is 5.48. The standard InChI is InChI=1S/C20H25BrFNOSi/c1-14-5-6-15(11-17(14)22)13-20(21)9-7-16(8-10-20)18-12-19(24-23-18)25(2,3)4/h5-7,9,11-12,16H,8,10,13H2,1-4H3. The van der Waals surface area contributed by atoms with Gasteiger partial charge in [0.05, 0.1) is 5.69 Å². The molecule has 3 rings (SSSR count). The molecule has 1 aliphatic rings. The Hall–Kier alpha value is -1.20. The smallest absolute Gasteiger partial charge is 0.127 e. The third kappa shape index (κ3) is 4.32. The van der Waals surface area contributed by atoms with Crippen LogP contribution in [-0.2, 0) is 6.42 Å². The number of hydrogen-bond acceptors (Lipinski definition) is 2. The Morgan fingerprint density at radius 1 is 1.32 bits per heavy atom. The number of nitrogens with zero attached hydrogens (tertiary/aromatic N) is 1.